The van der Waals surface area contributed by atoms with Crippen LogP contribution >= 0.6 is 0 Å². The molecule has 4 rings (SSSR count). The molecule has 0 spiro atoms. The number of nitrogens with zero attached hydrogens (tertiary/aromatic N) is 3. The molecule has 2 aliphatic rings. The minimum Gasteiger partial charge on any atom is -0.495 e. The van der Waals surface area contributed by atoms with E-state index >= 15 is 0 Å². The van der Waals surface area contributed by atoms with Crippen molar-refractivity contribution >= 4 is 23.3 Å². The molecule has 0 radical (unpaired) electrons. The van der Waals surface area contributed by atoms with Gasteiger partial charge in [-0.2, -0.15) is 0 Å². The zero-order chi connectivity index (χ0) is 27.2. The number of ketones is 1. The molecular formula is C31H44N4O4. The third-order valence-corrected chi connectivity index (χ3v) is 7.45. The number of ether oxygens (including phenoxy) is 1. The molecular weight excluding hydrogens is 492 g/mol. The van der Waals surface area contributed by atoms with Gasteiger partial charge in [0.15, 0.2) is 5.78 Å². The van der Waals surface area contributed by atoms with Crippen molar-refractivity contribution in [3.05, 3.63) is 58.7 Å². The van der Waals surface area contributed by atoms with Crippen molar-refractivity contribution in [2.75, 3.05) is 38.7 Å². The molecule has 0 fully saturated rings. The van der Waals surface area contributed by atoms with E-state index in [-0.39, 0.29) is 38.1 Å². The van der Waals surface area contributed by atoms with Gasteiger partial charge in [0.1, 0.15) is 5.75 Å². The Balaban J connectivity index is 0.00000420. The van der Waals surface area contributed by atoms with Crippen LogP contribution in [0.25, 0.3) is 0 Å². The number of hydrazine groups is 1. The summed E-state index contributed by atoms with van der Waals surface area (Å²) in [5.74, 6) is 0.924. The van der Waals surface area contributed by atoms with Crippen LogP contribution in [-0.4, -0.2) is 61.4 Å². The lowest BCUT2D eigenvalue weighted by Gasteiger charge is -2.32. The molecule has 0 atom stereocenters. The van der Waals surface area contributed by atoms with Crippen molar-refractivity contribution in [1.82, 2.24) is 15.3 Å². The second-order valence-corrected chi connectivity index (χ2v) is 10.7. The number of fused-ring (bicyclic) bond motifs is 2. The first kappa shape index (κ1) is 30.2. The molecule has 1 N–H and O–H groups in total. The Hall–Kier alpha value is -3.39. The van der Waals surface area contributed by atoms with Crippen LogP contribution in [0.1, 0.15) is 74.0 Å². The maximum absolute atomic E-state index is 13.5. The minimum absolute atomic E-state index is 0. The number of aryl methyl sites for hydroxylation is 1. The molecule has 212 valence electrons. The van der Waals surface area contributed by atoms with E-state index in [2.05, 4.69) is 31.3 Å². The molecule has 2 aromatic rings. The highest BCUT2D eigenvalue weighted by atomic mass is 16.5. The van der Waals surface area contributed by atoms with Crippen LogP contribution < -0.4 is 15.0 Å². The van der Waals surface area contributed by atoms with E-state index in [1.807, 2.05) is 23.2 Å². The van der Waals surface area contributed by atoms with Crippen molar-refractivity contribution in [3.8, 4) is 5.75 Å². The largest absolute Gasteiger partial charge is 0.495 e. The van der Waals surface area contributed by atoms with Gasteiger partial charge in [0, 0.05) is 38.7 Å². The van der Waals surface area contributed by atoms with Crippen molar-refractivity contribution in [2.45, 2.75) is 66.5 Å². The monoisotopic (exact) mass is 536 g/mol. The Labute approximate surface area is 233 Å². The number of benzene rings is 2. The first-order valence-electron chi connectivity index (χ1n) is 13.6. The molecule has 1 heterocycles. The summed E-state index contributed by atoms with van der Waals surface area (Å²) in [6.45, 7) is 6.20. The van der Waals surface area contributed by atoms with Crippen molar-refractivity contribution in [2.24, 2.45) is 5.92 Å². The Bertz CT molecular complexity index is 1150. The topological polar surface area (TPSA) is 82.2 Å². The summed E-state index contributed by atoms with van der Waals surface area (Å²) in [5, 5.41) is 6.64. The van der Waals surface area contributed by atoms with Gasteiger partial charge in [0.2, 0.25) is 5.91 Å². The van der Waals surface area contributed by atoms with Gasteiger partial charge in [-0.3, -0.25) is 19.4 Å². The van der Waals surface area contributed by atoms with Gasteiger partial charge in [-0.25, -0.2) is 5.01 Å². The average Bonchev–Trinajstić information content (AvgIpc) is 3.34. The molecule has 2 aromatic carbocycles. The second-order valence-electron chi connectivity index (χ2n) is 10.7. The van der Waals surface area contributed by atoms with Gasteiger partial charge < -0.3 is 15.0 Å². The van der Waals surface area contributed by atoms with Crippen LogP contribution in [0, 0.1) is 5.92 Å². The molecule has 0 aromatic heterocycles. The highest BCUT2D eigenvalue weighted by Gasteiger charge is 2.29. The molecule has 0 saturated heterocycles. The predicted octanol–water partition coefficient (Wildman–Crippen LogP) is 4.60. The molecule has 39 heavy (non-hydrogen) atoms. The number of Topliss-reactive ketones (excluding diaryl/α,β-unsaturated/α-hetero) is 1. The first-order valence-corrected chi connectivity index (χ1v) is 13.6. The Morgan fingerprint density at radius 1 is 1.05 bits per heavy atom. The molecule has 1 aliphatic heterocycles. The van der Waals surface area contributed by atoms with Crippen LogP contribution in [0.4, 0.5) is 5.69 Å². The van der Waals surface area contributed by atoms with Gasteiger partial charge >= 0.3 is 0 Å². The van der Waals surface area contributed by atoms with E-state index < -0.39 is 0 Å². The second kappa shape index (κ2) is 13.6. The molecule has 8 nitrogen and oxygen atoms in total. The van der Waals surface area contributed by atoms with Gasteiger partial charge in [-0.05, 0) is 60.4 Å². The SMILES string of the molecule is C.COc1cc2c(cc1N(CC(=O)NCCCC(C)C)CC(=O)N(C)N1Cc3ccccc3C1)C(=O)CCC2. The van der Waals surface area contributed by atoms with Gasteiger partial charge in [-0.1, -0.05) is 45.5 Å². The number of amides is 2. The number of hydrogen-bond acceptors (Lipinski definition) is 6. The molecule has 8 heteroatoms. The number of carbonyl (C=O) groups excluding carboxylic acids is 3. The third kappa shape index (κ3) is 7.38. The Morgan fingerprint density at radius 2 is 1.74 bits per heavy atom. The van der Waals surface area contributed by atoms with Gasteiger partial charge in [-0.15, -0.1) is 0 Å². The quantitative estimate of drug-likeness (QED) is 0.423. The summed E-state index contributed by atoms with van der Waals surface area (Å²) in [6, 6.07) is 11.9. The smallest absolute Gasteiger partial charge is 0.256 e. The average molecular weight is 537 g/mol. The minimum atomic E-state index is -0.163. The van der Waals surface area contributed by atoms with E-state index in [0.29, 0.717) is 49.0 Å². The lowest BCUT2D eigenvalue weighted by molar-refractivity contribution is -0.145. The van der Waals surface area contributed by atoms with Gasteiger partial charge in [0.05, 0.1) is 25.9 Å². The molecule has 0 saturated carbocycles. The fraction of sp³-hybridized carbons (Fsp3) is 0.516. The highest BCUT2D eigenvalue weighted by Crippen LogP contribution is 2.35. The van der Waals surface area contributed by atoms with E-state index in [4.69, 9.17) is 4.74 Å². The summed E-state index contributed by atoms with van der Waals surface area (Å²) >= 11 is 0. The number of likely N-dealkylation sites (N-methyl/N-ethyl adjacent to an activating group) is 1. The number of carbonyl (C=O) groups is 3. The van der Waals surface area contributed by atoms with Crippen LogP contribution in [0.2, 0.25) is 0 Å². The van der Waals surface area contributed by atoms with Crippen LogP contribution in [0.5, 0.6) is 5.75 Å². The molecule has 2 amide bonds. The van der Waals surface area contributed by atoms with Crippen molar-refractivity contribution in [1.29, 1.82) is 0 Å². The van der Waals surface area contributed by atoms with E-state index in [0.717, 1.165) is 31.2 Å². The molecule has 0 bridgehead atoms. The number of methoxy groups -OCH3 is 1. The maximum Gasteiger partial charge on any atom is 0.256 e. The van der Waals surface area contributed by atoms with Gasteiger partial charge in [0.25, 0.3) is 5.91 Å². The number of rotatable bonds is 11. The fourth-order valence-corrected chi connectivity index (χ4v) is 5.21. The maximum atomic E-state index is 13.5. The number of hydrogen-bond donors (Lipinski definition) is 1. The first-order chi connectivity index (χ1) is 18.3. The lowest BCUT2D eigenvalue weighted by Crippen LogP contribution is -2.48. The summed E-state index contributed by atoms with van der Waals surface area (Å²) in [5.41, 5.74) is 4.62. The third-order valence-electron chi connectivity index (χ3n) is 7.45. The molecule has 0 unspecified atom stereocenters. The van der Waals surface area contributed by atoms with Crippen molar-refractivity contribution < 1.29 is 19.1 Å². The van der Waals surface area contributed by atoms with Crippen molar-refractivity contribution in [3.63, 3.8) is 0 Å². The fourth-order valence-electron chi connectivity index (χ4n) is 5.21. The summed E-state index contributed by atoms with van der Waals surface area (Å²) in [6.07, 6.45) is 4.07. The Morgan fingerprint density at radius 3 is 2.38 bits per heavy atom. The summed E-state index contributed by atoms with van der Waals surface area (Å²) in [4.78, 5) is 41.0. The van der Waals surface area contributed by atoms with Crippen LogP contribution in [0.15, 0.2) is 36.4 Å². The number of nitrogens with one attached hydrogen (secondary N) is 1. The van der Waals surface area contributed by atoms with Crippen LogP contribution in [-0.2, 0) is 29.1 Å². The lowest BCUT2D eigenvalue weighted by atomic mass is 9.90. The van der Waals surface area contributed by atoms with Crippen LogP contribution in [0.3, 0.4) is 0 Å². The summed E-state index contributed by atoms with van der Waals surface area (Å²) in [7, 11) is 3.35. The Kier molecular flexibility index (Phi) is 10.5. The van der Waals surface area contributed by atoms with E-state index in [9.17, 15) is 14.4 Å². The normalized spacial score (nSPS) is 14.3. The standard InChI is InChI=1S/C30H40N4O4.CH4/c1-21(2)9-8-14-31-29(36)19-33(26-16-25-22(15-28(26)38-4)12-7-13-27(25)35)20-30(37)32(3)34-17-23-10-5-6-11-24(23)18-34;/h5-6,10-11,15-16,21H,7-9,12-14,17-20H2,1-4H3,(H,31,36);1H4. The zero-order valence-electron chi connectivity index (χ0n) is 23.1. The number of anilines is 1. The predicted molar refractivity (Wildman–Crippen MR) is 155 cm³/mol. The van der Waals surface area contributed by atoms with E-state index in [1.165, 1.54) is 11.1 Å². The zero-order valence-corrected chi connectivity index (χ0v) is 23.1. The van der Waals surface area contributed by atoms with E-state index in [1.54, 1.807) is 30.1 Å². The molecule has 1 aliphatic carbocycles. The highest BCUT2D eigenvalue weighted by molar-refractivity contribution is 6.00. The summed E-state index contributed by atoms with van der Waals surface area (Å²) < 4.78 is 5.70.